The van der Waals surface area contributed by atoms with Crippen LogP contribution in [0.3, 0.4) is 0 Å². The van der Waals surface area contributed by atoms with Gasteiger partial charge in [0.1, 0.15) is 17.6 Å². The first-order chi connectivity index (χ1) is 12.1. The molecule has 1 heterocycles. The number of hydrogen-bond donors (Lipinski definition) is 2. The number of hydrogen-bond acceptors (Lipinski definition) is 4. The minimum absolute atomic E-state index is 0.375. The maximum Gasteiger partial charge on any atom is 0.344 e. The molecule has 6 nitrogen and oxygen atoms in total. The normalized spacial score (nSPS) is 12.6. The number of aliphatic carboxylic acids is 1. The first-order valence-corrected chi connectivity index (χ1v) is 7.63. The van der Waals surface area contributed by atoms with Crippen molar-refractivity contribution >= 4 is 28.7 Å². The number of aromatic nitrogens is 2. The fraction of sp³-hybridized carbons (Fsp3) is 0.105. The van der Waals surface area contributed by atoms with Crippen molar-refractivity contribution in [1.29, 1.82) is 5.26 Å². The Morgan fingerprint density at radius 1 is 1.32 bits per heavy atom. The van der Waals surface area contributed by atoms with Gasteiger partial charge in [-0.15, -0.1) is 0 Å². The van der Waals surface area contributed by atoms with E-state index in [4.69, 9.17) is 9.84 Å². The third-order valence-electron chi connectivity index (χ3n) is 3.59. The number of carboxylic acid groups (broad SMARTS) is 1. The molecule has 1 atom stereocenters. The van der Waals surface area contributed by atoms with E-state index in [2.05, 4.69) is 16.0 Å². The van der Waals surface area contributed by atoms with Crippen molar-refractivity contribution in [2.75, 3.05) is 0 Å². The van der Waals surface area contributed by atoms with Crippen molar-refractivity contribution in [3.05, 3.63) is 59.9 Å². The van der Waals surface area contributed by atoms with Crippen LogP contribution in [0.1, 0.15) is 18.3 Å². The van der Waals surface area contributed by atoms with E-state index in [-0.39, 0.29) is 0 Å². The Morgan fingerprint density at radius 2 is 2.12 bits per heavy atom. The topological polar surface area (TPSA) is 99.0 Å². The fourth-order valence-electron chi connectivity index (χ4n) is 2.33. The van der Waals surface area contributed by atoms with Gasteiger partial charge in [0.2, 0.25) is 0 Å². The predicted octanol–water partition coefficient (Wildman–Crippen LogP) is 3.48. The van der Waals surface area contributed by atoms with Crippen LogP contribution in [0.5, 0.6) is 5.75 Å². The van der Waals surface area contributed by atoms with Crippen LogP contribution in [-0.4, -0.2) is 27.1 Å². The quantitative estimate of drug-likeness (QED) is 0.696. The molecule has 124 valence electrons. The van der Waals surface area contributed by atoms with Crippen molar-refractivity contribution in [3.8, 4) is 11.8 Å². The van der Waals surface area contributed by atoms with Gasteiger partial charge in [-0.25, -0.2) is 9.78 Å². The largest absolute Gasteiger partial charge is 0.479 e. The molecular formula is C19H15N3O3. The summed E-state index contributed by atoms with van der Waals surface area (Å²) in [5, 5.41) is 18.4. The second kappa shape index (κ2) is 6.89. The number of benzene rings is 2. The van der Waals surface area contributed by atoms with Crippen LogP contribution in [0.2, 0.25) is 0 Å². The van der Waals surface area contributed by atoms with Crippen molar-refractivity contribution in [3.63, 3.8) is 0 Å². The molecule has 2 aromatic carbocycles. The molecule has 0 spiro atoms. The molecule has 0 bridgehead atoms. The van der Waals surface area contributed by atoms with Crippen LogP contribution in [0.25, 0.3) is 22.7 Å². The molecule has 0 unspecified atom stereocenters. The molecule has 0 aliphatic rings. The smallest absolute Gasteiger partial charge is 0.344 e. The highest BCUT2D eigenvalue weighted by atomic mass is 16.5. The zero-order valence-corrected chi connectivity index (χ0v) is 13.4. The van der Waals surface area contributed by atoms with Gasteiger partial charge in [0.25, 0.3) is 0 Å². The van der Waals surface area contributed by atoms with Crippen LogP contribution in [-0.2, 0) is 4.79 Å². The van der Waals surface area contributed by atoms with Crippen LogP contribution in [0.4, 0.5) is 0 Å². The number of nitriles is 1. The number of ether oxygens (including phenoxy) is 1. The van der Waals surface area contributed by atoms with Gasteiger partial charge in [0, 0.05) is 0 Å². The SMILES string of the molecule is C[C@H](Oc1cccc(/C=C(/C#N)c2nc3ccccc3[nH]2)c1)C(=O)O. The third-order valence-corrected chi connectivity index (χ3v) is 3.59. The van der Waals surface area contributed by atoms with Crippen LogP contribution in [0, 0.1) is 11.3 Å². The number of H-pyrrole nitrogens is 1. The summed E-state index contributed by atoms with van der Waals surface area (Å²) in [5.74, 6) is -0.139. The Balaban J connectivity index is 1.92. The number of rotatable bonds is 5. The van der Waals surface area contributed by atoms with Crippen molar-refractivity contribution < 1.29 is 14.6 Å². The molecule has 1 aromatic heterocycles. The number of aromatic amines is 1. The second-order valence-electron chi connectivity index (χ2n) is 5.44. The van der Waals surface area contributed by atoms with E-state index in [1.807, 2.05) is 24.3 Å². The minimum Gasteiger partial charge on any atom is -0.479 e. The Hall–Kier alpha value is -3.59. The number of allylic oxidation sites excluding steroid dienone is 1. The number of carboxylic acids is 1. The highest BCUT2D eigenvalue weighted by Gasteiger charge is 2.12. The van der Waals surface area contributed by atoms with Gasteiger partial charge in [-0.2, -0.15) is 5.26 Å². The summed E-state index contributed by atoms with van der Waals surface area (Å²) in [4.78, 5) is 18.4. The average molecular weight is 333 g/mol. The molecule has 0 aliphatic carbocycles. The lowest BCUT2D eigenvalue weighted by Crippen LogP contribution is -2.22. The van der Waals surface area contributed by atoms with Gasteiger partial charge in [-0.3, -0.25) is 0 Å². The maximum atomic E-state index is 10.9. The predicted molar refractivity (Wildman–Crippen MR) is 93.7 cm³/mol. The Morgan fingerprint density at radius 3 is 2.84 bits per heavy atom. The maximum absolute atomic E-state index is 10.9. The van der Waals surface area contributed by atoms with Gasteiger partial charge in [0.05, 0.1) is 16.6 Å². The Kier molecular flexibility index (Phi) is 4.48. The number of imidazole rings is 1. The van der Waals surface area contributed by atoms with Gasteiger partial charge in [0.15, 0.2) is 6.10 Å². The summed E-state index contributed by atoms with van der Waals surface area (Å²) in [6.45, 7) is 1.46. The van der Waals surface area contributed by atoms with Gasteiger partial charge < -0.3 is 14.8 Å². The molecule has 0 amide bonds. The lowest BCUT2D eigenvalue weighted by atomic mass is 10.1. The van der Waals surface area contributed by atoms with E-state index in [0.717, 1.165) is 11.0 Å². The van der Waals surface area contributed by atoms with Gasteiger partial charge in [-0.05, 0) is 42.8 Å². The summed E-state index contributed by atoms with van der Waals surface area (Å²) in [6.07, 6.45) is 0.723. The molecule has 6 heteroatoms. The molecular weight excluding hydrogens is 318 g/mol. The van der Waals surface area contributed by atoms with E-state index in [9.17, 15) is 10.1 Å². The molecule has 25 heavy (non-hydrogen) atoms. The van der Waals surface area contributed by atoms with Crippen LogP contribution >= 0.6 is 0 Å². The monoisotopic (exact) mass is 333 g/mol. The molecule has 0 saturated heterocycles. The number of nitrogens with zero attached hydrogens (tertiary/aromatic N) is 2. The lowest BCUT2D eigenvalue weighted by molar-refractivity contribution is -0.144. The third kappa shape index (κ3) is 3.67. The van der Waals surface area contributed by atoms with Gasteiger partial charge in [-0.1, -0.05) is 24.3 Å². The first-order valence-electron chi connectivity index (χ1n) is 7.63. The van der Waals surface area contributed by atoms with E-state index in [0.29, 0.717) is 22.7 Å². The van der Waals surface area contributed by atoms with E-state index < -0.39 is 12.1 Å². The van der Waals surface area contributed by atoms with E-state index in [1.165, 1.54) is 6.92 Å². The molecule has 3 aromatic rings. The highest BCUT2D eigenvalue weighted by Crippen LogP contribution is 2.21. The molecule has 3 rings (SSSR count). The zero-order valence-electron chi connectivity index (χ0n) is 13.4. The standard InChI is InChI=1S/C19H15N3O3/c1-12(19(23)24)25-15-6-4-5-13(10-15)9-14(11-20)18-21-16-7-2-3-8-17(16)22-18/h2-10,12H,1H3,(H,21,22)(H,23,24)/b14-9-/t12-/m0/s1. The molecule has 0 saturated carbocycles. The Labute approximate surface area is 144 Å². The van der Waals surface area contributed by atoms with E-state index in [1.54, 1.807) is 30.3 Å². The Bertz CT molecular complexity index is 965. The van der Waals surface area contributed by atoms with Gasteiger partial charge >= 0.3 is 5.97 Å². The average Bonchev–Trinajstić information content (AvgIpc) is 3.03. The summed E-state index contributed by atoms with van der Waals surface area (Å²) >= 11 is 0. The highest BCUT2D eigenvalue weighted by molar-refractivity contribution is 5.90. The van der Waals surface area contributed by atoms with Crippen molar-refractivity contribution in [2.24, 2.45) is 0 Å². The number of carbonyl (C=O) groups is 1. The van der Waals surface area contributed by atoms with Crippen LogP contribution < -0.4 is 4.74 Å². The second-order valence-corrected chi connectivity index (χ2v) is 5.44. The zero-order chi connectivity index (χ0) is 17.8. The molecule has 0 fully saturated rings. The number of para-hydroxylation sites is 2. The molecule has 2 N–H and O–H groups in total. The summed E-state index contributed by atoms with van der Waals surface area (Å²) in [6, 6.07) is 16.6. The number of nitrogens with one attached hydrogen (secondary N) is 1. The summed E-state index contributed by atoms with van der Waals surface area (Å²) in [5.41, 5.74) is 2.73. The minimum atomic E-state index is -1.04. The first kappa shape index (κ1) is 16.3. The van der Waals surface area contributed by atoms with E-state index >= 15 is 0 Å². The van der Waals surface area contributed by atoms with Crippen molar-refractivity contribution in [2.45, 2.75) is 13.0 Å². The number of fused-ring (bicyclic) bond motifs is 1. The van der Waals surface area contributed by atoms with Crippen LogP contribution in [0.15, 0.2) is 48.5 Å². The van der Waals surface area contributed by atoms with Crippen molar-refractivity contribution in [1.82, 2.24) is 9.97 Å². The molecule has 0 aliphatic heterocycles. The lowest BCUT2D eigenvalue weighted by Gasteiger charge is -2.10. The summed E-state index contributed by atoms with van der Waals surface area (Å²) < 4.78 is 5.35. The fourth-order valence-corrected chi connectivity index (χ4v) is 2.33. The molecule has 0 radical (unpaired) electrons. The summed E-state index contributed by atoms with van der Waals surface area (Å²) in [7, 11) is 0.